The van der Waals surface area contributed by atoms with E-state index in [0.717, 1.165) is 23.4 Å². The number of hydrogen-bond donors (Lipinski definition) is 2. The Labute approximate surface area is 212 Å². The zero-order chi connectivity index (χ0) is 25.4. The van der Waals surface area contributed by atoms with E-state index in [1.54, 1.807) is 18.2 Å². The van der Waals surface area contributed by atoms with Crippen LogP contribution < -0.4 is 9.47 Å². The van der Waals surface area contributed by atoms with Crippen LogP contribution in [0.3, 0.4) is 0 Å². The van der Waals surface area contributed by atoms with Gasteiger partial charge in [-0.3, -0.25) is 4.90 Å². The van der Waals surface area contributed by atoms with Crippen molar-refractivity contribution in [3.05, 3.63) is 83.2 Å². The number of phenolic OH excluding ortho intramolecular Hbond substituents is 2. The van der Waals surface area contributed by atoms with Gasteiger partial charge in [0.2, 0.25) is 0 Å². The maximum atomic E-state index is 15.0. The Bertz CT molecular complexity index is 1200. The number of halogens is 1. The minimum atomic E-state index is -0.646. The van der Waals surface area contributed by atoms with Crippen molar-refractivity contribution < 1.29 is 24.1 Å². The molecule has 0 unspecified atom stereocenters. The third-order valence-corrected chi connectivity index (χ3v) is 7.84. The third kappa shape index (κ3) is 4.62. The molecule has 6 heteroatoms. The van der Waals surface area contributed by atoms with Gasteiger partial charge < -0.3 is 19.7 Å². The normalized spacial score (nSPS) is 24.7. The van der Waals surface area contributed by atoms with Crippen molar-refractivity contribution in [3.63, 3.8) is 0 Å². The summed E-state index contributed by atoms with van der Waals surface area (Å²) in [7, 11) is 0. The van der Waals surface area contributed by atoms with E-state index in [1.807, 2.05) is 43.3 Å². The topological polar surface area (TPSA) is 62.2 Å². The third-order valence-electron chi connectivity index (χ3n) is 7.84. The molecule has 3 aromatic rings. The van der Waals surface area contributed by atoms with Crippen LogP contribution in [0.15, 0.2) is 60.7 Å². The first kappa shape index (κ1) is 24.4. The van der Waals surface area contributed by atoms with Gasteiger partial charge in [0.15, 0.2) is 11.6 Å². The maximum absolute atomic E-state index is 15.0. The fourth-order valence-corrected chi connectivity index (χ4v) is 5.85. The summed E-state index contributed by atoms with van der Waals surface area (Å²) < 4.78 is 27.5. The summed E-state index contributed by atoms with van der Waals surface area (Å²) in [5.74, 6) is -0.112. The van der Waals surface area contributed by atoms with Gasteiger partial charge in [0.05, 0.1) is 0 Å². The molecular weight excluding hydrogens is 457 g/mol. The van der Waals surface area contributed by atoms with Crippen LogP contribution >= 0.6 is 0 Å². The van der Waals surface area contributed by atoms with Crippen LogP contribution in [0.2, 0.25) is 0 Å². The summed E-state index contributed by atoms with van der Waals surface area (Å²) in [6, 6.07) is 18.8. The molecule has 2 aliphatic heterocycles. The highest BCUT2D eigenvalue weighted by Gasteiger charge is 2.40. The largest absolute Gasteiger partial charge is 0.508 e. The van der Waals surface area contributed by atoms with Gasteiger partial charge in [0, 0.05) is 23.6 Å². The van der Waals surface area contributed by atoms with E-state index in [-0.39, 0.29) is 29.4 Å². The van der Waals surface area contributed by atoms with Crippen LogP contribution in [-0.2, 0) is 0 Å². The SMILES string of the molecule is C[C@@H]1c2c(ccc(O)c2F)O[C@@H](c2ccc(OC[C@H](C)N3CCC[C@H]3C)cc2)[C@H]1c1ccc(O)cc1. The molecule has 2 aliphatic rings. The number of phenols is 2. The van der Waals surface area contributed by atoms with Crippen LogP contribution in [0.5, 0.6) is 23.0 Å². The minimum Gasteiger partial charge on any atom is -0.508 e. The number of aromatic hydroxyl groups is 2. The average molecular weight is 492 g/mol. The number of hydrogen-bond acceptors (Lipinski definition) is 5. The summed E-state index contributed by atoms with van der Waals surface area (Å²) in [6.45, 7) is 8.20. The second kappa shape index (κ2) is 10.0. The Morgan fingerprint density at radius 2 is 1.69 bits per heavy atom. The second-order valence-corrected chi connectivity index (χ2v) is 10.2. The Balaban J connectivity index is 1.40. The van der Waals surface area contributed by atoms with Gasteiger partial charge in [-0.1, -0.05) is 31.2 Å². The standard InChI is InChI=1S/C30H34FNO4/c1-18-5-4-16-32(18)19(2)17-35-24-12-8-22(9-13-24)30-27(21-6-10-23(33)11-7-21)20(3)28-26(36-30)15-14-25(34)29(28)31/h6-15,18-20,27,30,33-34H,4-5,16-17H2,1-3H3/t18-,19+,20+,27-,30+/m1/s1. The number of fused-ring (bicyclic) bond motifs is 1. The van der Waals surface area contributed by atoms with Crippen molar-refractivity contribution >= 4 is 0 Å². The summed E-state index contributed by atoms with van der Waals surface area (Å²) in [6.07, 6.45) is 2.11. The second-order valence-electron chi connectivity index (χ2n) is 10.2. The van der Waals surface area contributed by atoms with Gasteiger partial charge >= 0.3 is 0 Å². The maximum Gasteiger partial charge on any atom is 0.171 e. The quantitative estimate of drug-likeness (QED) is 0.412. The number of ether oxygens (including phenoxy) is 2. The van der Waals surface area contributed by atoms with Crippen LogP contribution in [0.25, 0.3) is 0 Å². The molecule has 3 aromatic carbocycles. The number of rotatable bonds is 6. The lowest BCUT2D eigenvalue weighted by Crippen LogP contribution is -2.39. The van der Waals surface area contributed by atoms with Gasteiger partial charge in [0.25, 0.3) is 0 Å². The smallest absolute Gasteiger partial charge is 0.171 e. The Hall–Kier alpha value is -3.25. The number of likely N-dealkylation sites (tertiary alicyclic amines) is 1. The lowest BCUT2D eigenvalue weighted by atomic mass is 9.75. The van der Waals surface area contributed by atoms with E-state index >= 15 is 0 Å². The lowest BCUT2D eigenvalue weighted by Gasteiger charge is -2.39. The van der Waals surface area contributed by atoms with E-state index in [1.165, 1.54) is 18.9 Å². The van der Waals surface area contributed by atoms with E-state index < -0.39 is 5.82 Å². The highest BCUT2D eigenvalue weighted by atomic mass is 19.1. The van der Waals surface area contributed by atoms with E-state index in [2.05, 4.69) is 18.7 Å². The van der Waals surface area contributed by atoms with E-state index in [4.69, 9.17) is 9.47 Å². The Morgan fingerprint density at radius 1 is 1.00 bits per heavy atom. The molecule has 2 N–H and O–H groups in total. The molecule has 5 nitrogen and oxygen atoms in total. The lowest BCUT2D eigenvalue weighted by molar-refractivity contribution is 0.132. The Morgan fingerprint density at radius 3 is 2.36 bits per heavy atom. The van der Waals surface area contributed by atoms with Crippen molar-refractivity contribution in [2.45, 2.75) is 63.6 Å². The molecule has 190 valence electrons. The molecule has 2 heterocycles. The molecule has 0 aromatic heterocycles. The van der Waals surface area contributed by atoms with E-state index in [0.29, 0.717) is 30.0 Å². The van der Waals surface area contributed by atoms with Gasteiger partial charge in [0.1, 0.15) is 30.0 Å². The first-order chi connectivity index (χ1) is 17.3. The predicted molar refractivity (Wildman–Crippen MR) is 137 cm³/mol. The van der Waals surface area contributed by atoms with Gasteiger partial charge in [-0.25, -0.2) is 4.39 Å². The molecule has 0 aliphatic carbocycles. The highest BCUT2D eigenvalue weighted by Crippen LogP contribution is 2.52. The van der Waals surface area contributed by atoms with Crippen molar-refractivity contribution in [2.24, 2.45) is 0 Å². The fourth-order valence-electron chi connectivity index (χ4n) is 5.85. The number of nitrogens with zero attached hydrogens (tertiary/aromatic N) is 1. The zero-order valence-electron chi connectivity index (χ0n) is 21.0. The first-order valence-corrected chi connectivity index (χ1v) is 12.8. The zero-order valence-corrected chi connectivity index (χ0v) is 21.0. The monoisotopic (exact) mass is 491 g/mol. The molecule has 0 spiro atoms. The Kier molecular flexibility index (Phi) is 6.80. The molecular formula is C30H34FNO4. The summed E-state index contributed by atoms with van der Waals surface area (Å²) >= 11 is 0. The summed E-state index contributed by atoms with van der Waals surface area (Å²) in [5.41, 5.74) is 2.25. The van der Waals surface area contributed by atoms with Crippen molar-refractivity contribution in [2.75, 3.05) is 13.2 Å². The molecule has 0 amide bonds. The molecule has 1 fully saturated rings. The molecule has 5 rings (SSSR count). The minimum absolute atomic E-state index is 0.169. The first-order valence-electron chi connectivity index (χ1n) is 12.8. The van der Waals surface area contributed by atoms with Gasteiger partial charge in [-0.15, -0.1) is 0 Å². The average Bonchev–Trinajstić information content (AvgIpc) is 3.31. The van der Waals surface area contributed by atoms with Crippen LogP contribution in [-0.4, -0.2) is 40.3 Å². The molecule has 36 heavy (non-hydrogen) atoms. The van der Waals surface area contributed by atoms with Crippen molar-refractivity contribution in [1.29, 1.82) is 0 Å². The van der Waals surface area contributed by atoms with Crippen LogP contribution in [0.4, 0.5) is 4.39 Å². The summed E-state index contributed by atoms with van der Waals surface area (Å²) in [5, 5.41) is 19.8. The summed E-state index contributed by atoms with van der Waals surface area (Å²) in [4.78, 5) is 2.50. The molecule has 0 saturated carbocycles. The molecule has 0 bridgehead atoms. The number of benzene rings is 3. The van der Waals surface area contributed by atoms with Crippen LogP contribution in [0, 0.1) is 5.82 Å². The van der Waals surface area contributed by atoms with Gasteiger partial charge in [-0.05, 0) is 86.7 Å². The molecule has 5 atom stereocenters. The molecule has 1 saturated heterocycles. The van der Waals surface area contributed by atoms with Gasteiger partial charge in [-0.2, -0.15) is 0 Å². The molecule has 0 radical (unpaired) electrons. The van der Waals surface area contributed by atoms with E-state index in [9.17, 15) is 14.6 Å². The fraction of sp³-hybridized carbons (Fsp3) is 0.400. The van der Waals surface area contributed by atoms with Crippen molar-refractivity contribution in [1.82, 2.24) is 4.90 Å². The van der Waals surface area contributed by atoms with Crippen LogP contribution in [0.1, 0.15) is 68.2 Å². The highest BCUT2D eigenvalue weighted by molar-refractivity contribution is 5.49. The predicted octanol–water partition coefficient (Wildman–Crippen LogP) is 6.51. The van der Waals surface area contributed by atoms with Crippen molar-refractivity contribution in [3.8, 4) is 23.0 Å².